The van der Waals surface area contributed by atoms with E-state index < -0.39 is 0 Å². The summed E-state index contributed by atoms with van der Waals surface area (Å²) in [5, 5.41) is 0. The van der Waals surface area contributed by atoms with Crippen LogP contribution in [0.2, 0.25) is 0 Å². The maximum Gasteiger partial charge on any atom is 0.0471 e. The molecule has 1 heterocycles. The van der Waals surface area contributed by atoms with E-state index in [9.17, 15) is 0 Å². The Labute approximate surface area is 74.9 Å². The summed E-state index contributed by atoms with van der Waals surface area (Å²) in [4.78, 5) is 0. The second-order valence-corrected chi connectivity index (χ2v) is 3.17. The van der Waals surface area contributed by atoms with Crippen LogP contribution < -0.4 is 5.73 Å². The highest BCUT2D eigenvalue weighted by Crippen LogP contribution is 2.32. The van der Waals surface area contributed by atoms with Gasteiger partial charge in [0, 0.05) is 13.2 Å². The van der Waals surface area contributed by atoms with Gasteiger partial charge in [0.25, 0.3) is 0 Å². The van der Waals surface area contributed by atoms with Crippen LogP contribution in [0.5, 0.6) is 0 Å². The molecule has 0 bridgehead atoms. The van der Waals surface area contributed by atoms with Crippen LogP contribution in [-0.2, 0) is 4.74 Å². The molecule has 11 heavy (non-hydrogen) atoms. The zero-order chi connectivity index (χ0) is 7.45. The van der Waals surface area contributed by atoms with Gasteiger partial charge in [0.15, 0.2) is 0 Å². The van der Waals surface area contributed by atoms with Gasteiger partial charge in [-0.1, -0.05) is 6.92 Å². The second kappa shape index (κ2) is 4.96. The lowest BCUT2D eigenvalue weighted by Crippen LogP contribution is -2.35. The topological polar surface area (TPSA) is 35.2 Å². The summed E-state index contributed by atoms with van der Waals surface area (Å²) in [5.41, 5.74) is 6.11. The predicted molar refractivity (Wildman–Crippen MR) is 49.1 cm³/mol. The van der Waals surface area contributed by atoms with Gasteiger partial charge in [-0.15, -0.1) is 12.4 Å². The average molecular weight is 180 g/mol. The first-order chi connectivity index (χ1) is 4.83. The van der Waals surface area contributed by atoms with Crippen LogP contribution in [0.25, 0.3) is 0 Å². The molecule has 1 rings (SSSR count). The molecule has 3 heteroatoms. The molecule has 0 saturated carbocycles. The Hall–Kier alpha value is 0.210. The van der Waals surface area contributed by atoms with Gasteiger partial charge in [0.1, 0.15) is 0 Å². The van der Waals surface area contributed by atoms with E-state index in [2.05, 4.69) is 6.92 Å². The number of ether oxygens (including phenoxy) is 1. The first kappa shape index (κ1) is 11.2. The van der Waals surface area contributed by atoms with Crippen LogP contribution in [0.3, 0.4) is 0 Å². The molecule has 0 aromatic carbocycles. The van der Waals surface area contributed by atoms with E-state index in [0.717, 1.165) is 32.6 Å². The normalized spacial score (nSPS) is 22.4. The largest absolute Gasteiger partial charge is 0.381 e. The summed E-state index contributed by atoms with van der Waals surface area (Å²) >= 11 is 0. The van der Waals surface area contributed by atoms with Crippen molar-refractivity contribution in [3.8, 4) is 0 Å². The number of rotatable bonds is 2. The van der Waals surface area contributed by atoms with Crippen molar-refractivity contribution in [1.29, 1.82) is 0 Å². The van der Waals surface area contributed by atoms with Crippen molar-refractivity contribution in [1.82, 2.24) is 0 Å². The van der Waals surface area contributed by atoms with Crippen molar-refractivity contribution in [2.75, 3.05) is 19.8 Å². The Morgan fingerprint density at radius 2 is 1.91 bits per heavy atom. The van der Waals surface area contributed by atoms with Gasteiger partial charge >= 0.3 is 0 Å². The molecule has 0 aromatic rings. The van der Waals surface area contributed by atoms with E-state index in [0.29, 0.717) is 5.41 Å². The number of nitrogens with two attached hydrogens (primary N) is 1. The monoisotopic (exact) mass is 179 g/mol. The van der Waals surface area contributed by atoms with E-state index in [-0.39, 0.29) is 12.4 Å². The summed E-state index contributed by atoms with van der Waals surface area (Å²) < 4.78 is 5.27. The average Bonchev–Trinajstić information content (AvgIpc) is 2.06. The van der Waals surface area contributed by atoms with E-state index in [1.54, 1.807) is 0 Å². The Kier molecular flexibility index (Phi) is 5.06. The van der Waals surface area contributed by atoms with E-state index in [4.69, 9.17) is 10.5 Å². The molecule has 0 unspecified atom stereocenters. The van der Waals surface area contributed by atoms with Crippen molar-refractivity contribution in [3.63, 3.8) is 0 Å². The Morgan fingerprint density at radius 3 is 2.18 bits per heavy atom. The predicted octanol–water partition coefficient (Wildman–Crippen LogP) is 1.57. The number of hydrogen-bond acceptors (Lipinski definition) is 2. The lowest BCUT2D eigenvalue weighted by atomic mass is 9.78. The highest BCUT2D eigenvalue weighted by molar-refractivity contribution is 5.85. The van der Waals surface area contributed by atoms with Gasteiger partial charge in [0.2, 0.25) is 0 Å². The Bertz CT molecular complexity index is 96.3. The fourth-order valence-corrected chi connectivity index (χ4v) is 1.51. The maximum atomic E-state index is 5.69. The molecular weight excluding hydrogens is 162 g/mol. The van der Waals surface area contributed by atoms with Crippen LogP contribution in [0.4, 0.5) is 0 Å². The Balaban J connectivity index is 0.000001000. The molecule has 2 N–H and O–H groups in total. The SMILES string of the molecule is CCC1(CN)CCOCC1.Cl. The Morgan fingerprint density at radius 1 is 1.36 bits per heavy atom. The van der Waals surface area contributed by atoms with Crippen LogP contribution in [0, 0.1) is 5.41 Å². The van der Waals surface area contributed by atoms with Gasteiger partial charge < -0.3 is 10.5 Å². The van der Waals surface area contributed by atoms with Crippen LogP contribution >= 0.6 is 12.4 Å². The first-order valence-corrected chi connectivity index (χ1v) is 4.11. The quantitative estimate of drug-likeness (QED) is 0.699. The fourth-order valence-electron chi connectivity index (χ4n) is 1.51. The van der Waals surface area contributed by atoms with Gasteiger partial charge in [0.05, 0.1) is 0 Å². The molecule has 0 spiro atoms. The summed E-state index contributed by atoms with van der Waals surface area (Å²) in [6.07, 6.45) is 3.51. The molecule has 0 atom stereocenters. The van der Waals surface area contributed by atoms with Gasteiger partial charge in [-0.05, 0) is 31.2 Å². The zero-order valence-electron chi connectivity index (χ0n) is 7.14. The molecule has 1 saturated heterocycles. The molecule has 0 aromatic heterocycles. The van der Waals surface area contributed by atoms with Crippen molar-refractivity contribution in [2.24, 2.45) is 11.1 Å². The van der Waals surface area contributed by atoms with Crippen LogP contribution in [0.15, 0.2) is 0 Å². The van der Waals surface area contributed by atoms with Crippen molar-refractivity contribution >= 4 is 12.4 Å². The molecule has 0 amide bonds. The third-order valence-electron chi connectivity index (χ3n) is 2.74. The zero-order valence-corrected chi connectivity index (χ0v) is 7.95. The van der Waals surface area contributed by atoms with E-state index in [1.165, 1.54) is 6.42 Å². The van der Waals surface area contributed by atoms with Gasteiger partial charge in [-0.3, -0.25) is 0 Å². The molecule has 1 aliphatic rings. The van der Waals surface area contributed by atoms with Crippen molar-refractivity contribution in [2.45, 2.75) is 26.2 Å². The van der Waals surface area contributed by atoms with E-state index >= 15 is 0 Å². The molecule has 1 aliphatic heterocycles. The second-order valence-electron chi connectivity index (χ2n) is 3.17. The number of hydrogen-bond donors (Lipinski definition) is 1. The summed E-state index contributed by atoms with van der Waals surface area (Å²) in [7, 11) is 0. The highest BCUT2D eigenvalue weighted by atomic mass is 35.5. The van der Waals surface area contributed by atoms with Crippen LogP contribution in [-0.4, -0.2) is 19.8 Å². The fraction of sp³-hybridized carbons (Fsp3) is 1.00. The molecule has 1 fully saturated rings. The molecule has 2 nitrogen and oxygen atoms in total. The third-order valence-corrected chi connectivity index (χ3v) is 2.74. The number of halogens is 1. The standard InChI is InChI=1S/C8H17NO.ClH/c1-2-8(7-9)3-5-10-6-4-8;/h2-7,9H2,1H3;1H. The molecular formula is C8H18ClNO. The van der Waals surface area contributed by atoms with Crippen molar-refractivity contribution < 1.29 is 4.74 Å². The minimum Gasteiger partial charge on any atom is -0.381 e. The van der Waals surface area contributed by atoms with Crippen molar-refractivity contribution in [3.05, 3.63) is 0 Å². The summed E-state index contributed by atoms with van der Waals surface area (Å²) in [6, 6.07) is 0. The third kappa shape index (κ3) is 2.62. The smallest absolute Gasteiger partial charge is 0.0471 e. The van der Waals surface area contributed by atoms with Gasteiger partial charge in [-0.25, -0.2) is 0 Å². The molecule has 0 radical (unpaired) electrons. The van der Waals surface area contributed by atoms with Gasteiger partial charge in [-0.2, -0.15) is 0 Å². The maximum absolute atomic E-state index is 5.69. The van der Waals surface area contributed by atoms with E-state index in [1.807, 2.05) is 0 Å². The minimum atomic E-state index is 0. The lowest BCUT2D eigenvalue weighted by molar-refractivity contribution is 0.0171. The molecule has 0 aliphatic carbocycles. The summed E-state index contributed by atoms with van der Waals surface area (Å²) in [5.74, 6) is 0. The lowest BCUT2D eigenvalue weighted by Gasteiger charge is -2.34. The minimum absolute atomic E-state index is 0. The molecule has 68 valence electrons. The summed E-state index contributed by atoms with van der Waals surface area (Å²) in [6.45, 7) is 4.86. The van der Waals surface area contributed by atoms with Crippen LogP contribution in [0.1, 0.15) is 26.2 Å². The first-order valence-electron chi connectivity index (χ1n) is 4.11. The highest BCUT2D eigenvalue weighted by Gasteiger charge is 2.28.